The van der Waals surface area contributed by atoms with E-state index >= 15 is 0 Å². The first-order chi connectivity index (χ1) is 11.9. The van der Waals surface area contributed by atoms with Crippen LogP contribution in [-0.4, -0.2) is 24.4 Å². The van der Waals surface area contributed by atoms with Gasteiger partial charge < -0.3 is 9.84 Å². The van der Waals surface area contributed by atoms with Crippen molar-refractivity contribution in [2.75, 3.05) is 13.7 Å². The number of allylic oxidation sites excluding steroid dienone is 2. The van der Waals surface area contributed by atoms with Crippen LogP contribution in [0.4, 0.5) is 0 Å². The molecule has 0 radical (unpaired) electrons. The smallest absolute Gasteiger partial charge is 0.0883 e. The number of fused-ring (bicyclic) bond motifs is 5. The summed E-state index contributed by atoms with van der Waals surface area (Å²) in [5.41, 5.74) is 2.12. The Balaban J connectivity index is 1.58. The van der Waals surface area contributed by atoms with Gasteiger partial charge in [-0.2, -0.15) is 0 Å². The van der Waals surface area contributed by atoms with Gasteiger partial charge in [0, 0.05) is 7.11 Å². The lowest BCUT2D eigenvalue weighted by Crippen LogP contribution is -2.56. The predicted molar refractivity (Wildman–Crippen MR) is 102 cm³/mol. The Labute approximate surface area is 154 Å². The van der Waals surface area contributed by atoms with Crippen LogP contribution in [0.25, 0.3) is 0 Å². The fourth-order valence-corrected chi connectivity index (χ4v) is 8.04. The predicted octanol–water partition coefficient (Wildman–Crippen LogP) is 5.35. The summed E-state index contributed by atoms with van der Waals surface area (Å²) >= 11 is 0. The number of rotatable bonds is 2. The molecule has 0 aliphatic heterocycles. The highest BCUT2D eigenvalue weighted by Gasteiger charge is 2.60. The zero-order chi connectivity index (χ0) is 17.9. The molecule has 2 heteroatoms. The van der Waals surface area contributed by atoms with Gasteiger partial charge in [0.25, 0.3) is 0 Å². The van der Waals surface area contributed by atoms with E-state index in [2.05, 4.69) is 26.8 Å². The Morgan fingerprint density at radius 2 is 1.88 bits per heavy atom. The summed E-state index contributed by atoms with van der Waals surface area (Å²) in [7, 11) is 1.73. The lowest BCUT2D eigenvalue weighted by atomic mass is 9.44. The Morgan fingerprint density at radius 3 is 2.60 bits per heavy atom. The van der Waals surface area contributed by atoms with Crippen LogP contribution in [0.1, 0.15) is 78.6 Å². The summed E-state index contributed by atoms with van der Waals surface area (Å²) in [6.45, 7) is 7.92. The van der Waals surface area contributed by atoms with Crippen molar-refractivity contribution in [2.45, 2.75) is 84.2 Å². The Morgan fingerprint density at radius 1 is 1.08 bits per heavy atom. The molecule has 0 spiro atoms. The number of hydrogen-bond donors (Lipinski definition) is 1. The van der Waals surface area contributed by atoms with Crippen LogP contribution in [0, 0.1) is 34.5 Å². The molecule has 142 valence electrons. The molecule has 0 unspecified atom stereocenters. The van der Waals surface area contributed by atoms with Crippen molar-refractivity contribution in [3.8, 4) is 0 Å². The van der Waals surface area contributed by atoms with Gasteiger partial charge in [-0.3, -0.25) is 0 Å². The molecule has 2 nitrogen and oxygen atoms in total. The maximum atomic E-state index is 10.9. The summed E-state index contributed by atoms with van der Waals surface area (Å²) in [5, 5.41) is 10.9. The van der Waals surface area contributed by atoms with Gasteiger partial charge in [0.1, 0.15) is 0 Å². The summed E-state index contributed by atoms with van der Waals surface area (Å²) in [6.07, 6.45) is 13.8. The van der Waals surface area contributed by atoms with Crippen LogP contribution >= 0.6 is 0 Å². The fourth-order valence-electron chi connectivity index (χ4n) is 8.04. The van der Waals surface area contributed by atoms with E-state index in [-0.39, 0.29) is 0 Å². The lowest BCUT2D eigenvalue weighted by molar-refractivity contribution is -0.157. The quantitative estimate of drug-likeness (QED) is 0.683. The zero-order valence-electron chi connectivity index (χ0n) is 16.8. The molecule has 0 aromatic rings. The monoisotopic (exact) mass is 346 g/mol. The third kappa shape index (κ3) is 2.57. The second-order valence-electron chi connectivity index (χ2n) is 10.3. The maximum absolute atomic E-state index is 10.9. The molecule has 0 saturated heterocycles. The number of ether oxygens (including phenoxy) is 1. The van der Waals surface area contributed by atoms with Gasteiger partial charge in [0.15, 0.2) is 0 Å². The third-order valence-electron chi connectivity index (χ3n) is 9.43. The van der Waals surface area contributed by atoms with Gasteiger partial charge in [-0.05, 0) is 99.2 Å². The van der Waals surface area contributed by atoms with Crippen LogP contribution in [-0.2, 0) is 4.74 Å². The van der Waals surface area contributed by atoms with Crippen molar-refractivity contribution in [3.63, 3.8) is 0 Å². The number of hydrogen-bond acceptors (Lipinski definition) is 2. The van der Waals surface area contributed by atoms with E-state index in [4.69, 9.17) is 4.74 Å². The Bertz CT molecular complexity index is 554. The molecular formula is C23H38O2. The average molecular weight is 347 g/mol. The highest BCUT2D eigenvalue weighted by molar-refractivity contribution is 5.23. The summed E-state index contributed by atoms with van der Waals surface area (Å²) in [5.74, 6) is 3.41. The summed E-state index contributed by atoms with van der Waals surface area (Å²) in [4.78, 5) is 0. The lowest BCUT2D eigenvalue weighted by Gasteiger charge is -2.61. The molecule has 0 bridgehead atoms. The molecule has 1 N–H and O–H groups in total. The fraction of sp³-hybridized carbons (Fsp3) is 0.913. The van der Waals surface area contributed by atoms with Crippen LogP contribution in [0.3, 0.4) is 0 Å². The molecule has 0 heterocycles. The largest absolute Gasteiger partial charge is 0.387 e. The molecule has 0 aromatic carbocycles. The van der Waals surface area contributed by atoms with Crippen molar-refractivity contribution >= 4 is 0 Å². The van der Waals surface area contributed by atoms with Crippen LogP contribution < -0.4 is 0 Å². The normalized spacial score (nSPS) is 54.0. The topological polar surface area (TPSA) is 29.5 Å². The Kier molecular flexibility index (Phi) is 4.40. The van der Waals surface area contributed by atoms with E-state index in [1.54, 1.807) is 12.7 Å². The Hall–Kier alpha value is -0.340. The second-order valence-corrected chi connectivity index (χ2v) is 10.3. The van der Waals surface area contributed by atoms with E-state index in [0.717, 1.165) is 30.6 Å². The first-order valence-electron chi connectivity index (χ1n) is 10.7. The van der Waals surface area contributed by atoms with Gasteiger partial charge in [-0.1, -0.05) is 25.5 Å². The molecular weight excluding hydrogens is 308 g/mol. The molecule has 0 amide bonds. The van der Waals surface area contributed by atoms with Crippen molar-refractivity contribution in [1.29, 1.82) is 0 Å². The zero-order valence-corrected chi connectivity index (χ0v) is 16.8. The molecule has 4 saturated carbocycles. The van der Waals surface area contributed by atoms with Gasteiger partial charge in [0.05, 0.1) is 12.2 Å². The molecule has 4 fully saturated rings. The van der Waals surface area contributed by atoms with Crippen LogP contribution in [0.5, 0.6) is 0 Å². The minimum atomic E-state index is -0.569. The molecule has 4 rings (SSSR count). The minimum Gasteiger partial charge on any atom is -0.387 e. The van der Waals surface area contributed by atoms with E-state index in [9.17, 15) is 5.11 Å². The highest BCUT2D eigenvalue weighted by atomic mass is 16.5. The third-order valence-corrected chi connectivity index (χ3v) is 9.43. The molecule has 4 aliphatic carbocycles. The van der Waals surface area contributed by atoms with Crippen molar-refractivity contribution in [2.24, 2.45) is 34.5 Å². The molecule has 7 atom stereocenters. The summed E-state index contributed by atoms with van der Waals surface area (Å²) < 4.78 is 5.34. The van der Waals surface area contributed by atoms with Gasteiger partial charge in [0.2, 0.25) is 0 Å². The maximum Gasteiger partial charge on any atom is 0.0883 e. The highest BCUT2D eigenvalue weighted by Crippen LogP contribution is 2.67. The van der Waals surface area contributed by atoms with Crippen molar-refractivity contribution in [1.82, 2.24) is 0 Å². The summed E-state index contributed by atoms with van der Waals surface area (Å²) in [6, 6.07) is 0. The number of methoxy groups -OCH3 is 1. The van der Waals surface area contributed by atoms with Gasteiger partial charge in [-0.25, -0.2) is 0 Å². The van der Waals surface area contributed by atoms with Crippen LogP contribution in [0.2, 0.25) is 0 Å². The standard InChI is InChI=1S/C23H38O2/c1-5-16-7-9-19-18-8-6-17-14-23(24,15-25-4)13-12-22(17,3)20(18)10-11-21(16,19)2/h5,17-20,24H,6-15H2,1-4H3/t17-,18-,19-,20-,21+,22-,23+/m0/s1. The first-order valence-corrected chi connectivity index (χ1v) is 10.7. The van der Waals surface area contributed by atoms with Crippen molar-refractivity contribution in [3.05, 3.63) is 11.6 Å². The average Bonchev–Trinajstić information content (AvgIpc) is 2.92. The van der Waals surface area contributed by atoms with Crippen LogP contribution in [0.15, 0.2) is 11.6 Å². The van der Waals surface area contributed by atoms with Crippen molar-refractivity contribution < 1.29 is 9.84 Å². The SMILES string of the molecule is CC=C1CC[C@H]2[C@@H]3CC[C@H]4C[C@@](O)(COC)CC[C@]4(C)[C@H]3CC[C@]12C. The van der Waals surface area contributed by atoms with E-state index in [0.29, 0.717) is 23.4 Å². The number of aliphatic hydroxyl groups is 1. The van der Waals surface area contributed by atoms with Gasteiger partial charge >= 0.3 is 0 Å². The van der Waals surface area contributed by atoms with E-state index < -0.39 is 5.60 Å². The van der Waals surface area contributed by atoms with E-state index in [1.165, 1.54) is 44.9 Å². The molecule has 0 aromatic heterocycles. The first kappa shape index (κ1) is 18.0. The molecule has 4 aliphatic rings. The van der Waals surface area contributed by atoms with Gasteiger partial charge in [-0.15, -0.1) is 0 Å². The van der Waals surface area contributed by atoms with E-state index in [1.807, 2.05) is 0 Å². The second kappa shape index (κ2) is 6.09. The minimum absolute atomic E-state index is 0.447. The molecule has 25 heavy (non-hydrogen) atoms.